The van der Waals surface area contributed by atoms with E-state index in [1.807, 2.05) is 61.5 Å². The van der Waals surface area contributed by atoms with Gasteiger partial charge in [0.2, 0.25) is 0 Å². The molecule has 0 bridgehead atoms. The number of amides is 2. The molecule has 30 heavy (non-hydrogen) atoms. The van der Waals surface area contributed by atoms with Gasteiger partial charge in [0.1, 0.15) is 6.10 Å². The molecular formula is C25H23NO4. The number of carbonyl (C=O) groups is 2. The highest BCUT2D eigenvalue weighted by atomic mass is 16.5. The number of aryl methyl sites for hydroxylation is 1. The van der Waals surface area contributed by atoms with Crippen LogP contribution in [0.1, 0.15) is 43.5 Å². The SMILES string of the molecule is Cc1ccccc1[C@H](OC[C@H](O)CN1C(=O)c2ccccc2C1=O)c1ccccc1. The summed E-state index contributed by atoms with van der Waals surface area (Å²) in [5.41, 5.74) is 3.81. The predicted octanol–water partition coefficient (Wildman–Crippen LogP) is 3.76. The molecule has 4 rings (SSSR count). The number of benzene rings is 3. The summed E-state index contributed by atoms with van der Waals surface area (Å²) >= 11 is 0. The summed E-state index contributed by atoms with van der Waals surface area (Å²) in [6.45, 7) is 1.90. The average molecular weight is 401 g/mol. The standard InChI is InChI=1S/C25H23NO4/c1-17-9-5-6-12-20(17)23(18-10-3-2-4-11-18)30-16-19(27)15-26-24(28)21-13-7-8-14-22(21)25(26)29/h2-14,19,23,27H,15-16H2,1H3/t19-,23-/m1/s1. The molecular weight excluding hydrogens is 378 g/mol. The molecule has 0 saturated carbocycles. The number of nitrogens with zero attached hydrogens (tertiary/aromatic N) is 1. The highest BCUT2D eigenvalue weighted by Gasteiger charge is 2.36. The maximum absolute atomic E-state index is 12.5. The van der Waals surface area contributed by atoms with Crippen LogP contribution < -0.4 is 0 Å². The van der Waals surface area contributed by atoms with Crippen LogP contribution in [0.15, 0.2) is 78.9 Å². The quantitative estimate of drug-likeness (QED) is 0.612. The average Bonchev–Trinajstić information content (AvgIpc) is 3.01. The van der Waals surface area contributed by atoms with Gasteiger partial charge >= 0.3 is 0 Å². The molecule has 0 saturated heterocycles. The molecule has 2 amide bonds. The number of carbonyl (C=O) groups excluding carboxylic acids is 2. The molecule has 1 N–H and O–H groups in total. The molecule has 1 heterocycles. The zero-order valence-corrected chi connectivity index (χ0v) is 16.7. The molecule has 5 heteroatoms. The lowest BCUT2D eigenvalue weighted by Crippen LogP contribution is -2.39. The maximum Gasteiger partial charge on any atom is 0.261 e. The summed E-state index contributed by atoms with van der Waals surface area (Å²) in [6.07, 6.45) is -1.35. The van der Waals surface area contributed by atoms with Gasteiger partial charge in [-0.25, -0.2) is 0 Å². The Kier molecular flexibility index (Phi) is 5.74. The van der Waals surface area contributed by atoms with Gasteiger partial charge in [0.15, 0.2) is 0 Å². The number of rotatable bonds is 7. The van der Waals surface area contributed by atoms with Crippen molar-refractivity contribution in [2.75, 3.05) is 13.2 Å². The van der Waals surface area contributed by atoms with Gasteiger partial charge in [-0.2, -0.15) is 0 Å². The topological polar surface area (TPSA) is 66.8 Å². The van der Waals surface area contributed by atoms with Crippen molar-refractivity contribution in [3.05, 3.63) is 107 Å². The molecule has 0 radical (unpaired) electrons. The second-order valence-corrected chi connectivity index (χ2v) is 7.40. The fourth-order valence-electron chi connectivity index (χ4n) is 3.75. The number of hydrogen-bond acceptors (Lipinski definition) is 4. The van der Waals surface area contributed by atoms with Crippen molar-refractivity contribution in [1.82, 2.24) is 4.90 Å². The minimum Gasteiger partial charge on any atom is -0.389 e. The van der Waals surface area contributed by atoms with Crippen molar-refractivity contribution in [1.29, 1.82) is 0 Å². The molecule has 1 aliphatic rings. The zero-order valence-electron chi connectivity index (χ0n) is 16.7. The molecule has 1 aliphatic heterocycles. The lowest BCUT2D eigenvalue weighted by molar-refractivity contribution is -0.00488. The van der Waals surface area contributed by atoms with Crippen LogP contribution in [0.5, 0.6) is 0 Å². The molecule has 0 spiro atoms. The van der Waals surface area contributed by atoms with Gasteiger partial charge in [-0.3, -0.25) is 14.5 Å². The van der Waals surface area contributed by atoms with E-state index < -0.39 is 6.10 Å². The van der Waals surface area contributed by atoms with Crippen LogP contribution in [-0.4, -0.2) is 41.1 Å². The Labute approximate surface area is 175 Å². The van der Waals surface area contributed by atoms with Crippen molar-refractivity contribution in [3.63, 3.8) is 0 Å². The van der Waals surface area contributed by atoms with E-state index in [0.717, 1.165) is 21.6 Å². The van der Waals surface area contributed by atoms with Gasteiger partial charge in [0.25, 0.3) is 11.8 Å². The normalized spacial score (nSPS) is 15.2. The number of imide groups is 1. The van der Waals surface area contributed by atoms with Crippen LogP contribution in [0, 0.1) is 6.92 Å². The Morgan fingerprint density at radius 1 is 0.833 bits per heavy atom. The Morgan fingerprint density at radius 3 is 2.03 bits per heavy atom. The smallest absolute Gasteiger partial charge is 0.261 e. The third-order valence-corrected chi connectivity index (χ3v) is 5.30. The fourth-order valence-corrected chi connectivity index (χ4v) is 3.75. The van der Waals surface area contributed by atoms with Crippen molar-refractivity contribution in [2.24, 2.45) is 0 Å². The van der Waals surface area contributed by atoms with Crippen LogP contribution in [-0.2, 0) is 4.74 Å². The van der Waals surface area contributed by atoms with Gasteiger partial charge < -0.3 is 9.84 Å². The number of fused-ring (bicyclic) bond motifs is 1. The van der Waals surface area contributed by atoms with Crippen molar-refractivity contribution in [3.8, 4) is 0 Å². The second-order valence-electron chi connectivity index (χ2n) is 7.40. The van der Waals surface area contributed by atoms with Crippen molar-refractivity contribution < 1.29 is 19.4 Å². The van der Waals surface area contributed by atoms with Crippen molar-refractivity contribution in [2.45, 2.75) is 19.1 Å². The van der Waals surface area contributed by atoms with E-state index in [-0.39, 0.29) is 31.1 Å². The van der Waals surface area contributed by atoms with E-state index in [4.69, 9.17) is 4.74 Å². The van der Waals surface area contributed by atoms with E-state index in [2.05, 4.69) is 0 Å². The Balaban J connectivity index is 1.47. The Bertz CT molecular complexity index is 1030. The summed E-state index contributed by atoms with van der Waals surface area (Å²) < 4.78 is 6.12. The molecule has 2 atom stereocenters. The number of aliphatic hydroxyl groups excluding tert-OH is 1. The number of β-amino-alcohol motifs (C(OH)–C–C–N with tert-alkyl or cyclic N) is 1. The number of ether oxygens (including phenoxy) is 1. The number of hydrogen-bond donors (Lipinski definition) is 1. The monoisotopic (exact) mass is 401 g/mol. The Morgan fingerprint density at radius 2 is 1.40 bits per heavy atom. The maximum atomic E-state index is 12.5. The number of aliphatic hydroxyl groups is 1. The van der Waals surface area contributed by atoms with Gasteiger partial charge in [0, 0.05) is 0 Å². The van der Waals surface area contributed by atoms with Crippen LogP contribution in [0.3, 0.4) is 0 Å². The molecule has 0 fully saturated rings. The van der Waals surface area contributed by atoms with E-state index >= 15 is 0 Å². The molecule has 0 unspecified atom stereocenters. The third-order valence-electron chi connectivity index (χ3n) is 5.30. The van der Waals surface area contributed by atoms with Crippen LogP contribution in [0.2, 0.25) is 0 Å². The van der Waals surface area contributed by atoms with Gasteiger partial charge in [-0.15, -0.1) is 0 Å². The van der Waals surface area contributed by atoms with Gasteiger partial charge in [-0.05, 0) is 35.7 Å². The summed E-state index contributed by atoms with van der Waals surface area (Å²) in [5.74, 6) is -0.763. The van der Waals surface area contributed by atoms with Crippen LogP contribution in [0.25, 0.3) is 0 Å². The lowest BCUT2D eigenvalue weighted by atomic mass is 9.97. The summed E-state index contributed by atoms with van der Waals surface area (Å²) in [4.78, 5) is 26.1. The van der Waals surface area contributed by atoms with Crippen LogP contribution >= 0.6 is 0 Å². The zero-order chi connectivity index (χ0) is 21.1. The van der Waals surface area contributed by atoms with Gasteiger partial charge in [-0.1, -0.05) is 66.7 Å². The Hall–Kier alpha value is -3.28. The molecule has 3 aromatic carbocycles. The van der Waals surface area contributed by atoms with E-state index in [1.54, 1.807) is 24.3 Å². The largest absolute Gasteiger partial charge is 0.389 e. The first kappa shape index (κ1) is 20.0. The van der Waals surface area contributed by atoms with Crippen LogP contribution in [0.4, 0.5) is 0 Å². The molecule has 0 aromatic heterocycles. The highest BCUT2D eigenvalue weighted by Crippen LogP contribution is 2.29. The summed E-state index contributed by atoms with van der Waals surface area (Å²) in [7, 11) is 0. The fraction of sp³-hybridized carbons (Fsp3) is 0.200. The second kappa shape index (κ2) is 8.61. The molecule has 3 aromatic rings. The third kappa shape index (κ3) is 3.90. The van der Waals surface area contributed by atoms with E-state index in [1.165, 1.54) is 0 Å². The first-order valence-corrected chi connectivity index (χ1v) is 9.91. The molecule has 152 valence electrons. The molecule has 5 nitrogen and oxygen atoms in total. The van der Waals surface area contributed by atoms with Crippen molar-refractivity contribution >= 4 is 11.8 Å². The van der Waals surface area contributed by atoms with E-state index in [0.29, 0.717) is 11.1 Å². The summed E-state index contributed by atoms with van der Waals surface area (Å²) in [6, 6.07) is 24.4. The predicted molar refractivity (Wildman–Crippen MR) is 113 cm³/mol. The first-order valence-electron chi connectivity index (χ1n) is 9.91. The summed E-state index contributed by atoms with van der Waals surface area (Å²) in [5, 5.41) is 10.6. The molecule has 0 aliphatic carbocycles. The highest BCUT2D eigenvalue weighted by molar-refractivity contribution is 6.21. The van der Waals surface area contributed by atoms with Gasteiger partial charge in [0.05, 0.1) is 30.4 Å². The lowest BCUT2D eigenvalue weighted by Gasteiger charge is -2.24. The minimum absolute atomic E-state index is 0.0126. The minimum atomic E-state index is -0.998. The van der Waals surface area contributed by atoms with E-state index in [9.17, 15) is 14.7 Å². The first-order chi connectivity index (χ1) is 14.6.